The third-order valence-corrected chi connectivity index (χ3v) is 2.17. The number of hydrogen-bond acceptors (Lipinski definition) is 3. The van der Waals surface area contributed by atoms with Crippen molar-refractivity contribution in [2.45, 2.75) is 20.0 Å². The van der Waals surface area contributed by atoms with Crippen molar-refractivity contribution in [3.63, 3.8) is 0 Å². The average molecular weight is 167 g/mol. The summed E-state index contributed by atoms with van der Waals surface area (Å²) in [5.74, 6) is 0. The summed E-state index contributed by atoms with van der Waals surface area (Å²) >= 11 is 0. The molecule has 2 heterocycles. The molecule has 1 aliphatic rings. The predicted molar refractivity (Wildman–Crippen MR) is 45.2 cm³/mol. The van der Waals surface area contributed by atoms with Crippen LogP contribution in [0.4, 0.5) is 0 Å². The Balaban J connectivity index is 2.34. The maximum absolute atomic E-state index is 5.33. The molecule has 0 unspecified atom stereocenters. The monoisotopic (exact) mass is 167 g/mol. The van der Waals surface area contributed by atoms with Gasteiger partial charge in [-0.15, -0.1) is 0 Å². The first-order chi connectivity index (χ1) is 5.83. The Kier molecular flexibility index (Phi) is 1.77. The fourth-order valence-corrected chi connectivity index (χ4v) is 1.49. The molecule has 2 rings (SSSR count). The second kappa shape index (κ2) is 2.79. The van der Waals surface area contributed by atoms with Crippen LogP contribution in [-0.2, 0) is 13.1 Å². The number of nitrogens with one attached hydrogen (secondary N) is 1. The summed E-state index contributed by atoms with van der Waals surface area (Å²) in [4.78, 5) is 4.36. The lowest BCUT2D eigenvalue weighted by atomic mass is 10.3. The molecule has 0 aliphatic carbocycles. The second-order valence-electron chi connectivity index (χ2n) is 2.96. The highest BCUT2D eigenvalue weighted by Gasteiger charge is 2.18. The summed E-state index contributed by atoms with van der Waals surface area (Å²) in [6.45, 7) is 4.61. The van der Waals surface area contributed by atoms with Gasteiger partial charge in [0.25, 0.3) is 6.01 Å². The molecule has 0 saturated heterocycles. The van der Waals surface area contributed by atoms with E-state index in [0.29, 0.717) is 0 Å². The van der Waals surface area contributed by atoms with E-state index in [1.54, 1.807) is 0 Å². The molecular formula is C8H13N3O. The highest BCUT2D eigenvalue weighted by molar-refractivity contribution is 5.20. The van der Waals surface area contributed by atoms with Crippen molar-refractivity contribution >= 4 is 0 Å². The fraction of sp³-hybridized carbons (Fsp3) is 0.625. The van der Waals surface area contributed by atoms with Crippen LogP contribution < -0.4 is 10.1 Å². The van der Waals surface area contributed by atoms with Crippen LogP contribution in [0, 0.1) is 6.92 Å². The molecular weight excluding hydrogens is 154 g/mol. The zero-order valence-corrected chi connectivity index (χ0v) is 7.42. The lowest BCUT2D eigenvalue weighted by molar-refractivity contribution is 0.344. The zero-order valence-electron chi connectivity index (χ0n) is 7.42. The van der Waals surface area contributed by atoms with E-state index in [4.69, 9.17) is 4.74 Å². The Bertz CT molecular complexity index is 293. The van der Waals surface area contributed by atoms with E-state index in [9.17, 15) is 0 Å². The SMILES string of the molecule is CNCc1nc2n(c1C)CCO2. The highest BCUT2D eigenvalue weighted by atomic mass is 16.5. The minimum Gasteiger partial charge on any atom is -0.463 e. The number of imidazole rings is 1. The third kappa shape index (κ3) is 0.992. The van der Waals surface area contributed by atoms with Gasteiger partial charge in [-0.05, 0) is 14.0 Å². The van der Waals surface area contributed by atoms with Crippen molar-refractivity contribution in [1.29, 1.82) is 0 Å². The Morgan fingerprint density at radius 1 is 1.67 bits per heavy atom. The lowest BCUT2D eigenvalue weighted by Gasteiger charge is -1.98. The summed E-state index contributed by atoms with van der Waals surface area (Å²) in [5.41, 5.74) is 2.31. The largest absolute Gasteiger partial charge is 0.463 e. The van der Waals surface area contributed by atoms with Crippen molar-refractivity contribution in [2.24, 2.45) is 0 Å². The van der Waals surface area contributed by atoms with Crippen LogP contribution in [0.5, 0.6) is 6.01 Å². The minimum absolute atomic E-state index is 0.767. The topological polar surface area (TPSA) is 39.1 Å². The number of hydrogen-bond donors (Lipinski definition) is 1. The zero-order chi connectivity index (χ0) is 8.55. The van der Waals surface area contributed by atoms with E-state index in [2.05, 4.69) is 21.8 Å². The fourth-order valence-electron chi connectivity index (χ4n) is 1.49. The van der Waals surface area contributed by atoms with Crippen molar-refractivity contribution in [3.8, 4) is 6.01 Å². The molecule has 1 aliphatic heterocycles. The van der Waals surface area contributed by atoms with E-state index in [1.165, 1.54) is 5.69 Å². The molecule has 4 nitrogen and oxygen atoms in total. The molecule has 0 amide bonds. The average Bonchev–Trinajstić information content (AvgIpc) is 2.58. The molecule has 12 heavy (non-hydrogen) atoms. The third-order valence-electron chi connectivity index (χ3n) is 2.17. The number of aromatic nitrogens is 2. The van der Waals surface area contributed by atoms with Gasteiger partial charge >= 0.3 is 0 Å². The Labute approximate surface area is 71.6 Å². The summed E-state index contributed by atoms with van der Waals surface area (Å²) in [5, 5.41) is 3.08. The molecule has 0 atom stereocenters. The quantitative estimate of drug-likeness (QED) is 0.688. The van der Waals surface area contributed by atoms with Gasteiger partial charge in [-0.2, -0.15) is 4.98 Å². The maximum Gasteiger partial charge on any atom is 0.296 e. The smallest absolute Gasteiger partial charge is 0.296 e. The van der Waals surface area contributed by atoms with Gasteiger partial charge in [0.05, 0.1) is 12.2 Å². The van der Waals surface area contributed by atoms with Gasteiger partial charge in [0.15, 0.2) is 0 Å². The first kappa shape index (κ1) is 7.61. The molecule has 1 aromatic rings. The summed E-state index contributed by atoms with van der Waals surface area (Å²) in [6.07, 6.45) is 0. The Morgan fingerprint density at radius 3 is 3.17 bits per heavy atom. The molecule has 0 spiro atoms. The molecule has 0 saturated carbocycles. The van der Waals surface area contributed by atoms with Gasteiger partial charge in [0.2, 0.25) is 0 Å². The number of nitrogens with zero attached hydrogens (tertiary/aromatic N) is 2. The standard InChI is InChI=1S/C8H13N3O/c1-6-7(5-9-2)10-8-11(6)3-4-12-8/h9H,3-5H2,1-2H3. The molecule has 0 bridgehead atoms. The molecule has 1 aromatic heterocycles. The lowest BCUT2D eigenvalue weighted by Crippen LogP contribution is -2.08. The van der Waals surface area contributed by atoms with E-state index >= 15 is 0 Å². The van der Waals surface area contributed by atoms with Gasteiger partial charge in [-0.3, -0.25) is 4.57 Å². The van der Waals surface area contributed by atoms with E-state index < -0.39 is 0 Å². The molecule has 0 aromatic carbocycles. The van der Waals surface area contributed by atoms with Crippen LogP contribution >= 0.6 is 0 Å². The molecule has 66 valence electrons. The van der Waals surface area contributed by atoms with E-state index in [-0.39, 0.29) is 0 Å². The van der Waals surface area contributed by atoms with Crippen LogP contribution in [-0.4, -0.2) is 23.2 Å². The van der Waals surface area contributed by atoms with Crippen molar-refractivity contribution in [1.82, 2.24) is 14.9 Å². The van der Waals surface area contributed by atoms with Gasteiger partial charge in [0.1, 0.15) is 6.61 Å². The summed E-state index contributed by atoms with van der Waals surface area (Å²) in [7, 11) is 1.92. The van der Waals surface area contributed by atoms with Gasteiger partial charge in [0, 0.05) is 12.2 Å². The van der Waals surface area contributed by atoms with Crippen LogP contribution in [0.15, 0.2) is 0 Å². The summed E-state index contributed by atoms with van der Waals surface area (Å²) in [6, 6.07) is 0.776. The van der Waals surface area contributed by atoms with Gasteiger partial charge < -0.3 is 10.1 Å². The number of rotatable bonds is 2. The first-order valence-corrected chi connectivity index (χ1v) is 4.16. The number of fused-ring (bicyclic) bond motifs is 1. The first-order valence-electron chi connectivity index (χ1n) is 4.16. The Hall–Kier alpha value is -1.03. The minimum atomic E-state index is 0.767. The number of ether oxygens (including phenoxy) is 1. The second-order valence-corrected chi connectivity index (χ2v) is 2.96. The predicted octanol–water partition coefficient (Wildman–Crippen LogP) is 0.303. The molecule has 4 heteroatoms. The van der Waals surface area contributed by atoms with Crippen LogP contribution in [0.25, 0.3) is 0 Å². The van der Waals surface area contributed by atoms with Crippen molar-refractivity contribution < 1.29 is 4.74 Å². The molecule has 1 N–H and O–H groups in total. The van der Waals surface area contributed by atoms with Crippen LogP contribution in [0.1, 0.15) is 11.4 Å². The summed E-state index contributed by atoms with van der Waals surface area (Å²) < 4.78 is 7.45. The molecule has 0 radical (unpaired) electrons. The maximum atomic E-state index is 5.33. The van der Waals surface area contributed by atoms with Crippen molar-refractivity contribution in [3.05, 3.63) is 11.4 Å². The van der Waals surface area contributed by atoms with E-state index in [0.717, 1.165) is 31.4 Å². The van der Waals surface area contributed by atoms with Crippen molar-refractivity contribution in [2.75, 3.05) is 13.7 Å². The molecule has 0 fully saturated rings. The highest BCUT2D eigenvalue weighted by Crippen LogP contribution is 2.21. The Morgan fingerprint density at radius 2 is 2.50 bits per heavy atom. The van der Waals surface area contributed by atoms with Crippen LogP contribution in [0.3, 0.4) is 0 Å². The van der Waals surface area contributed by atoms with E-state index in [1.807, 2.05) is 7.05 Å². The van der Waals surface area contributed by atoms with Gasteiger partial charge in [-0.25, -0.2) is 0 Å². The normalized spacial score (nSPS) is 14.5. The van der Waals surface area contributed by atoms with Crippen LogP contribution in [0.2, 0.25) is 0 Å². The van der Waals surface area contributed by atoms with Gasteiger partial charge in [-0.1, -0.05) is 0 Å².